The number of carbonyl (C=O) groups excluding carboxylic acids is 1. The Kier molecular flexibility index (Phi) is 9.62. The summed E-state index contributed by atoms with van der Waals surface area (Å²) in [6.45, 7) is 4.81. The van der Waals surface area contributed by atoms with E-state index in [1.807, 2.05) is 0 Å². The van der Waals surface area contributed by atoms with Gasteiger partial charge in [-0.15, -0.1) is 0 Å². The van der Waals surface area contributed by atoms with Gasteiger partial charge in [-0.2, -0.15) is 0 Å². The minimum absolute atomic E-state index is 0.125. The van der Waals surface area contributed by atoms with Crippen LogP contribution in [0.25, 0.3) is 0 Å². The summed E-state index contributed by atoms with van der Waals surface area (Å²) < 4.78 is 15.6. The lowest BCUT2D eigenvalue weighted by Gasteiger charge is -2.26. The molecule has 1 amide bonds. The van der Waals surface area contributed by atoms with Gasteiger partial charge in [0, 0.05) is 37.8 Å². The minimum atomic E-state index is -1.82. The average molecular weight is 384 g/mol. The summed E-state index contributed by atoms with van der Waals surface area (Å²) in [5, 5.41) is 17.7. The first-order valence-corrected chi connectivity index (χ1v) is 8.15. The largest absolute Gasteiger partial charge is 0.497 e. The van der Waals surface area contributed by atoms with E-state index in [9.17, 15) is 4.79 Å². The van der Waals surface area contributed by atoms with Crippen LogP contribution in [0.1, 0.15) is 10.4 Å². The Hall–Kier alpha value is -2.85. The summed E-state index contributed by atoms with van der Waals surface area (Å²) in [5.41, 5.74) is 0.535. The Morgan fingerprint density at radius 2 is 1.56 bits per heavy atom. The summed E-state index contributed by atoms with van der Waals surface area (Å²) in [5.74, 6) is -2.56. The molecule has 150 valence electrons. The molecular weight excluding hydrogens is 360 g/mol. The van der Waals surface area contributed by atoms with Gasteiger partial charge in [-0.05, 0) is 12.1 Å². The summed E-state index contributed by atoms with van der Waals surface area (Å²) >= 11 is 0. The minimum Gasteiger partial charge on any atom is -0.497 e. The van der Waals surface area contributed by atoms with Crippen molar-refractivity contribution < 1.29 is 38.8 Å². The summed E-state index contributed by atoms with van der Waals surface area (Å²) in [6, 6.07) is 5.14. The van der Waals surface area contributed by atoms with Crippen molar-refractivity contribution in [1.29, 1.82) is 0 Å². The van der Waals surface area contributed by atoms with Crippen LogP contribution in [0.5, 0.6) is 11.5 Å². The molecule has 1 fully saturated rings. The van der Waals surface area contributed by atoms with Gasteiger partial charge >= 0.3 is 11.9 Å². The highest BCUT2D eigenvalue weighted by Crippen LogP contribution is 2.22. The van der Waals surface area contributed by atoms with Crippen LogP contribution in [0.4, 0.5) is 0 Å². The molecule has 10 nitrogen and oxygen atoms in total. The standard InChI is InChI=1S/C15H22N2O4.C2H2O4/c1-19-13-9-12(10-14(11-13)20-2)15(18)16-3-4-17-5-7-21-8-6-17;3-1(4)2(5)6/h9-11H,3-8H2,1-2H3,(H,16,18);(H,3,4)(H,5,6). The maximum absolute atomic E-state index is 12.2. The predicted octanol–water partition coefficient (Wildman–Crippen LogP) is -0.0786. The fourth-order valence-electron chi connectivity index (χ4n) is 2.19. The second-order valence-electron chi connectivity index (χ2n) is 5.42. The van der Waals surface area contributed by atoms with Crippen molar-refractivity contribution >= 4 is 17.8 Å². The Morgan fingerprint density at radius 1 is 1.04 bits per heavy atom. The number of hydrogen-bond donors (Lipinski definition) is 3. The van der Waals surface area contributed by atoms with Crippen LogP contribution in [0.15, 0.2) is 18.2 Å². The smallest absolute Gasteiger partial charge is 0.414 e. The third-order valence-corrected chi connectivity index (χ3v) is 3.61. The third kappa shape index (κ3) is 8.38. The lowest BCUT2D eigenvalue weighted by molar-refractivity contribution is -0.159. The molecule has 1 saturated heterocycles. The first-order chi connectivity index (χ1) is 12.9. The van der Waals surface area contributed by atoms with Gasteiger partial charge in [0.25, 0.3) is 5.91 Å². The number of aliphatic carboxylic acids is 2. The Labute approximate surface area is 156 Å². The van der Waals surface area contributed by atoms with Crippen LogP contribution in [0.3, 0.4) is 0 Å². The van der Waals surface area contributed by atoms with E-state index in [0.29, 0.717) is 23.6 Å². The molecule has 2 rings (SSSR count). The highest BCUT2D eigenvalue weighted by molar-refractivity contribution is 6.27. The zero-order valence-electron chi connectivity index (χ0n) is 15.3. The first kappa shape index (κ1) is 22.2. The van der Waals surface area contributed by atoms with E-state index >= 15 is 0 Å². The molecule has 10 heteroatoms. The number of ether oxygens (including phenoxy) is 3. The second kappa shape index (κ2) is 11.7. The van der Waals surface area contributed by atoms with Crippen molar-refractivity contribution in [2.45, 2.75) is 0 Å². The van der Waals surface area contributed by atoms with Crippen molar-refractivity contribution in [3.63, 3.8) is 0 Å². The number of morpholine rings is 1. The van der Waals surface area contributed by atoms with Crippen LogP contribution in [0, 0.1) is 0 Å². The quantitative estimate of drug-likeness (QED) is 0.576. The fraction of sp³-hybridized carbons (Fsp3) is 0.471. The number of amides is 1. The van der Waals surface area contributed by atoms with E-state index < -0.39 is 11.9 Å². The SMILES string of the molecule is COc1cc(OC)cc(C(=O)NCCN2CCOCC2)c1.O=C(O)C(=O)O. The Balaban J connectivity index is 0.000000527. The number of carbonyl (C=O) groups is 3. The molecule has 3 N–H and O–H groups in total. The highest BCUT2D eigenvalue weighted by Gasteiger charge is 2.12. The van der Waals surface area contributed by atoms with E-state index in [1.54, 1.807) is 32.4 Å². The number of carboxylic acids is 2. The number of carboxylic acid groups (broad SMARTS) is 2. The van der Waals surface area contributed by atoms with Crippen molar-refractivity contribution in [3.8, 4) is 11.5 Å². The summed E-state index contributed by atoms with van der Waals surface area (Å²) in [7, 11) is 3.13. The number of nitrogens with zero attached hydrogens (tertiary/aromatic N) is 1. The first-order valence-electron chi connectivity index (χ1n) is 8.15. The van der Waals surface area contributed by atoms with Crippen LogP contribution in [-0.2, 0) is 14.3 Å². The zero-order valence-corrected chi connectivity index (χ0v) is 15.3. The van der Waals surface area contributed by atoms with Crippen molar-refractivity contribution in [3.05, 3.63) is 23.8 Å². The van der Waals surface area contributed by atoms with Crippen molar-refractivity contribution in [2.24, 2.45) is 0 Å². The lowest BCUT2D eigenvalue weighted by Crippen LogP contribution is -2.41. The normalized spacial score (nSPS) is 13.7. The maximum atomic E-state index is 12.2. The number of methoxy groups -OCH3 is 2. The molecule has 1 heterocycles. The molecule has 0 aromatic heterocycles. The van der Waals surface area contributed by atoms with E-state index in [1.165, 1.54) is 0 Å². The molecule has 1 aromatic rings. The molecular formula is C17H24N2O8. The van der Waals surface area contributed by atoms with Gasteiger partial charge in [0.2, 0.25) is 0 Å². The highest BCUT2D eigenvalue weighted by atomic mass is 16.5. The van der Waals surface area contributed by atoms with Gasteiger partial charge in [0.1, 0.15) is 11.5 Å². The van der Waals surface area contributed by atoms with E-state index in [2.05, 4.69) is 10.2 Å². The monoisotopic (exact) mass is 384 g/mol. The van der Waals surface area contributed by atoms with Gasteiger partial charge in [-0.3, -0.25) is 9.69 Å². The van der Waals surface area contributed by atoms with E-state index in [0.717, 1.165) is 32.8 Å². The molecule has 0 aliphatic carbocycles. The number of hydrogen-bond acceptors (Lipinski definition) is 7. The molecule has 0 saturated carbocycles. The van der Waals surface area contributed by atoms with Crippen molar-refractivity contribution in [2.75, 3.05) is 53.6 Å². The molecule has 0 atom stereocenters. The van der Waals surface area contributed by atoms with E-state index in [-0.39, 0.29) is 5.91 Å². The van der Waals surface area contributed by atoms with Gasteiger partial charge in [0.15, 0.2) is 0 Å². The number of rotatable bonds is 6. The number of nitrogens with one attached hydrogen (secondary N) is 1. The fourth-order valence-corrected chi connectivity index (χ4v) is 2.19. The summed E-state index contributed by atoms with van der Waals surface area (Å²) in [4.78, 5) is 32.6. The van der Waals surface area contributed by atoms with Gasteiger partial charge in [0.05, 0.1) is 27.4 Å². The van der Waals surface area contributed by atoms with Crippen LogP contribution < -0.4 is 14.8 Å². The van der Waals surface area contributed by atoms with Gasteiger partial charge in [-0.1, -0.05) is 0 Å². The third-order valence-electron chi connectivity index (χ3n) is 3.61. The topological polar surface area (TPSA) is 135 Å². The second-order valence-corrected chi connectivity index (χ2v) is 5.42. The van der Waals surface area contributed by atoms with Crippen LogP contribution >= 0.6 is 0 Å². The van der Waals surface area contributed by atoms with Crippen LogP contribution in [-0.4, -0.2) is 86.6 Å². The molecule has 27 heavy (non-hydrogen) atoms. The van der Waals surface area contributed by atoms with Gasteiger partial charge < -0.3 is 29.7 Å². The molecule has 0 bridgehead atoms. The molecule has 0 unspecified atom stereocenters. The molecule has 1 aliphatic rings. The molecule has 0 radical (unpaired) electrons. The number of benzene rings is 1. The Bertz CT molecular complexity index is 610. The van der Waals surface area contributed by atoms with Crippen LogP contribution in [0.2, 0.25) is 0 Å². The maximum Gasteiger partial charge on any atom is 0.414 e. The van der Waals surface area contributed by atoms with Crippen molar-refractivity contribution in [1.82, 2.24) is 10.2 Å². The summed E-state index contributed by atoms with van der Waals surface area (Å²) in [6.07, 6.45) is 0. The molecule has 0 spiro atoms. The Morgan fingerprint density at radius 3 is 2.00 bits per heavy atom. The average Bonchev–Trinajstić information content (AvgIpc) is 2.68. The van der Waals surface area contributed by atoms with E-state index in [4.69, 9.17) is 34.0 Å². The molecule has 1 aliphatic heterocycles. The molecule has 1 aromatic carbocycles. The lowest BCUT2D eigenvalue weighted by atomic mass is 10.2. The zero-order chi connectivity index (χ0) is 20.2. The predicted molar refractivity (Wildman–Crippen MR) is 94.4 cm³/mol. The van der Waals surface area contributed by atoms with Gasteiger partial charge in [-0.25, -0.2) is 9.59 Å².